The minimum atomic E-state index is -0.463. The fourth-order valence-electron chi connectivity index (χ4n) is 4.81. The standard InChI is InChI=1S/C32H25N3O3S/c1-21-10-14-26(15-11-21)33-30(36)20-35-31(37)29(39-32(35)38)17-25-19-34(28-9-5-4-8-27(25)28)18-22-12-13-23-6-2-3-7-24(23)16-22/h2-17,19H,18,20H2,1H3,(H,33,36)/b29-17-. The third kappa shape index (κ3) is 5.09. The van der Waals surface area contributed by atoms with Crippen molar-refractivity contribution in [2.75, 3.05) is 11.9 Å². The zero-order valence-electron chi connectivity index (χ0n) is 21.3. The number of amides is 3. The lowest BCUT2D eigenvalue weighted by atomic mass is 10.1. The number of benzene rings is 4. The molecular formula is C32H25N3O3S. The predicted octanol–water partition coefficient (Wildman–Crippen LogP) is 6.83. The van der Waals surface area contributed by atoms with Crippen LogP contribution in [-0.4, -0.2) is 33.1 Å². The molecule has 0 unspecified atom stereocenters. The van der Waals surface area contributed by atoms with Gasteiger partial charge in [0.05, 0.1) is 4.91 Å². The zero-order valence-corrected chi connectivity index (χ0v) is 22.1. The van der Waals surface area contributed by atoms with Crippen LogP contribution in [0.1, 0.15) is 16.7 Å². The van der Waals surface area contributed by atoms with Crippen molar-refractivity contribution in [3.05, 3.63) is 119 Å². The maximum Gasteiger partial charge on any atom is 0.294 e. The highest BCUT2D eigenvalue weighted by atomic mass is 32.2. The van der Waals surface area contributed by atoms with Crippen molar-refractivity contribution >= 4 is 62.3 Å². The van der Waals surface area contributed by atoms with E-state index >= 15 is 0 Å². The Morgan fingerprint density at radius 2 is 1.64 bits per heavy atom. The molecule has 0 spiro atoms. The molecule has 3 amide bonds. The summed E-state index contributed by atoms with van der Waals surface area (Å²) >= 11 is 0.859. The number of aryl methyl sites for hydroxylation is 1. The van der Waals surface area contributed by atoms with Crippen LogP contribution >= 0.6 is 11.8 Å². The van der Waals surface area contributed by atoms with Crippen LogP contribution in [0.25, 0.3) is 27.8 Å². The van der Waals surface area contributed by atoms with Gasteiger partial charge in [0.15, 0.2) is 0 Å². The van der Waals surface area contributed by atoms with Crippen LogP contribution in [-0.2, 0) is 16.1 Å². The number of carbonyl (C=O) groups is 3. The molecule has 4 aromatic carbocycles. The van der Waals surface area contributed by atoms with Crippen LogP contribution in [0.2, 0.25) is 0 Å². The van der Waals surface area contributed by atoms with Crippen LogP contribution in [0.5, 0.6) is 0 Å². The number of nitrogens with one attached hydrogen (secondary N) is 1. The van der Waals surface area contributed by atoms with E-state index in [0.29, 0.717) is 17.1 Å². The van der Waals surface area contributed by atoms with Crippen LogP contribution in [0, 0.1) is 6.92 Å². The van der Waals surface area contributed by atoms with Gasteiger partial charge in [0.2, 0.25) is 5.91 Å². The summed E-state index contributed by atoms with van der Waals surface area (Å²) in [6.07, 6.45) is 3.76. The summed E-state index contributed by atoms with van der Waals surface area (Å²) in [6.45, 7) is 2.29. The highest BCUT2D eigenvalue weighted by Gasteiger charge is 2.36. The molecule has 0 atom stereocenters. The minimum absolute atomic E-state index is 0.303. The number of rotatable bonds is 6. The number of thioether (sulfide) groups is 1. The first-order valence-corrected chi connectivity index (χ1v) is 13.4. The molecule has 192 valence electrons. The van der Waals surface area contributed by atoms with Gasteiger partial charge in [0.25, 0.3) is 11.1 Å². The number of para-hydroxylation sites is 1. The van der Waals surface area contributed by atoms with E-state index in [0.717, 1.165) is 38.7 Å². The molecular weight excluding hydrogens is 506 g/mol. The molecule has 0 saturated carbocycles. The number of anilines is 1. The number of aromatic nitrogens is 1. The second kappa shape index (κ2) is 10.3. The van der Waals surface area contributed by atoms with Gasteiger partial charge in [-0.05, 0) is 65.4 Å². The fraction of sp³-hybridized carbons (Fsp3) is 0.0938. The molecule has 1 fully saturated rings. The van der Waals surface area contributed by atoms with Crippen molar-refractivity contribution in [2.24, 2.45) is 0 Å². The third-order valence-corrected chi connectivity index (χ3v) is 7.69. The van der Waals surface area contributed by atoms with E-state index in [-0.39, 0.29) is 6.54 Å². The fourth-order valence-corrected chi connectivity index (χ4v) is 5.64. The van der Waals surface area contributed by atoms with Crippen molar-refractivity contribution in [3.63, 3.8) is 0 Å². The Labute approximate surface area is 229 Å². The molecule has 39 heavy (non-hydrogen) atoms. The summed E-state index contributed by atoms with van der Waals surface area (Å²) in [5, 5.41) is 5.66. The molecule has 6 nitrogen and oxygen atoms in total. The maximum atomic E-state index is 13.1. The van der Waals surface area contributed by atoms with Gasteiger partial charge in [-0.2, -0.15) is 0 Å². The largest absolute Gasteiger partial charge is 0.342 e. The first-order chi connectivity index (χ1) is 18.9. The van der Waals surface area contributed by atoms with Gasteiger partial charge in [0.1, 0.15) is 6.54 Å². The summed E-state index contributed by atoms with van der Waals surface area (Å²) in [5.41, 5.74) is 4.74. The summed E-state index contributed by atoms with van der Waals surface area (Å²) in [7, 11) is 0. The number of hydrogen-bond donors (Lipinski definition) is 1. The second-order valence-electron chi connectivity index (χ2n) is 9.59. The van der Waals surface area contributed by atoms with E-state index in [4.69, 9.17) is 0 Å². The lowest BCUT2D eigenvalue weighted by Crippen LogP contribution is -2.36. The van der Waals surface area contributed by atoms with Crippen LogP contribution in [0.3, 0.4) is 0 Å². The van der Waals surface area contributed by atoms with E-state index in [1.54, 1.807) is 18.2 Å². The lowest BCUT2D eigenvalue weighted by Gasteiger charge is -2.12. The molecule has 7 heteroatoms. The molecule has 0 bridgehead atoms. The summed E-state index contributed by atoms with van der Waals surface area (Å²) in [6, 6.07) is 30.1. The molecule has 0 radical (unpaired) electrons. The number of imide groups is 1. The van der Waals surface area contributed by atoms with Crippen molar-refractivity contribution in [2.45, 2.75) is 13.5 Å². The SMILES string of the molecule is Cc1ccc(NC(=O)CN2C(=O)S/C(=C\c3cn(Cc4ccc5ccccc5c4)c4ccccc34)C2=O)cc1. The van der Waals surface area contributed by atoms with Gasteiger partial charge < -0.3 is 9.88 Å². The van der Waals surface area contributed by atoms with Gasteiger partial charge in [-0.25, -0.2) is 0 Å². The zero-order chi connectivity index (χ0) is 26.9. The van der Waals surface area contributed by atoms with Crippen molar-refractivity contribution in [1.82, 2.24) is 9.47 Å². The molecule has 2 heterocycles. The van der Waals surface area contributed by atoms with E-state index in [2.05, 4.69) is 46.3 Å². The van der Waals surface area contributed by atoms with Gasteiger partial charge >= 0.3 is 0 Å². The monoisotopic (exact) mass is 531 g/mol. The van der Waals surface area contributed by atoms with Crippen molar-refractivity contribution in [3.8, 4) is 0 Å². The summed E-state index contributed by atoms with van der Waals surface area (Å²) in [4.78, 5) is 39.7. The van der Waals surface area contributed by atoms with Crippen LogP contribution in [0.4, 0.5) is 10.5 Å². The van der Waals surface area contributed by atoms with E-state index in [1.165, 1.54) is 16.3 Å². The Morgan fingerprint density at radius 3 is 2.46 bits per heavy atom. The van der Waals surface area contributed by atoms with E-state index in [9.17, 15) is 14.4 Å². The predicted molar refractivity (Wildman–Crippen MR) is 157 cm³/mol. The molecule has 1 saturated heterocycles. The summed E-state index contributed by atoms with van der Waals surface area (Å²) in [5.74, 6) is -0.884. The number of hydrogen-bond acceptors (Lipinski definition) is 4. The smallest absolute Gasteiger partial charge is 0.294 e. The number of fused-ring (bicyclic) bond motifs is 2. The van der Waals surface area contributed by atoms with E-state index in [1.807, 2.05) is 55.6 Å². The van der Waals surface area contributed by atoms with Crippen LogP contribution in [0.15, 0.2) is 102 Å². The van der Waals surface area contributed by atoms with Gasteiger partial charge in [-0.3, -0.25) is 19.3 Å². The normalized spacial score (nSPS) is 14.6. The molecule has 1 aliphatic heterocycles. The molecule has 1 aromatic heterocycles. The average molecular weight is 532 g/mol. The van der Waals surface area contributed by atoms with E-state index < -0.39 is 17.1 Å². The average Bonchev–Trinajstić information content (AvgIpc) is 3.41. The topological polar surface area (TPSA) is 71.4 Å². The maximum absolute atomic E-state index is 13.1. The highest BCUT2D eigenvalue weighted by Crippen LogP contribution is 2.34. The molecule has 0 aliphatic carbocycles. The Hall–Kier alpha value is -4.62. The lowest BCUT2D eigenvalue weighted by molar-refractivity contribution is -0.127. The third-order valence-electron chi connectivity index (χ3n) is 6.78. The van der Waals surface area contributed by atoms with Gasteiger partial charge in [0, 0.05) is 34.9 Å². The first-order valence-electron chi connectivity index (χ1n) is 12.6. The van der Waals surface area contributed by atoms with Gasteiger partial charge in [-0.15, -0.1) is 0 Å². The number of nitrogens with zero attached hydrogens (tertiary/aromatic N) is 2. The highest BCUT2D eigenvalue weighted by molar-refractivity contribution is 8.18. The molecule has 1 N–H and O–H groups in total. The molecule has 1 aliphatic rings. The molecule has 5 aromatic rings. The Morgan fingerprint density at radius 1 is 0.897 bits per heavy atom. The minimum Gasteiger partial charge on any atom is -0.342 e. The quantitative estimate of drug-likeness (QED) is 0.244. The Bertz CT molecular complexity index is 1790. The van der Waals surface area contributed by atoms with Crippen molar-refractivity contribution < 1.29 is 14.4 Å². The first kappa shape index (κ1) is 24.7. The second-order valence-corrected chi connectivity index (χ2v) is 10.6. The Balaban J connectivity index is 1.24. The number of carbonyl (C=O) groups excluding carboxylic acids is 3. The molecule has 6 rings (SSSR count). The van der Waals surface area contributed by atoms with Gasteiger partial charge in [-0.1, -0.05) is 72.3 Å². The van der Waals surface area contributed by atoms with Crippen LogP contribution < -0.4 is 5.32 Å². The Kier molecular flexibility index (Phi) is 6.50. The summed E-state index contributed by atoms with van der Waals surface area (Å²) < 4.78 is 2.16. The van der Waals surface area contributed by atoms with Crippen molar-refractivity contribution in [1.29, 1.82) is 0 Å².